The third-order valence-corrected chi connectivity index (χ3v) is 4.31. The minimum atomic E-state index is 0.757. The van der Waals surface area contributed by atoms with Crippen molar-refractivity contribution in [1.82, 2.24) is 15.3 Å². The van der Waals surface area contributed by atoms with Gasteiger partial charge in [0.1, 0.15) is 5.82 Å². The van der Waals surface area contributed by atoms with Crippen molar-refractivity contribution >= 4 is 11.8 Å². The Labute approximate surface area is 121 Å². The van der Waals surface area contributed by atoms with E-state index in [-0.39, 0.29) is 0 Å². The van der Waals surface area contributed by atoms with Gasteiger partial charge in [0.2, 0.25) is 0 Å². The minimum absolute atomic E-state index is 0.757. The van der Waals surface area contributed by atoms with Gasteiger partial charge in [-0.15, -0.1) is 0 Å². The first kappa shape index (κ1) is 14.8. The summed E-state index contributed by atoms with van der Waals surface area (Å²) in [6, 6.07) is 0. The zero-order valence-corrected chi connectivity index (χ0v) is 13.1. The lowest BCUT2D eigenvalue weighted by molar-refractivity contribution is 0.418. The number of aromatic nitrogens is 2. The van der Waals surface area contributed by atoms with Gasteiger partial charge in [-0.25, -0.2) is 9.97 Å². The Morgan fingerprint density at radius 1 is 1.37 bits per heavy atom. The van der Waals surface area contributed by atoms with Gasteiger partial charge in [0.25, 0.3) is 0 Å². The van der Waals surface area contributed by atoms with Gasteiger partial charge in [-0.3, -0.25) is 0 Å². The molecule has 1 aromatic heterocycles. The van der Waals surface area contributed by atoms with Crippen LogP contribution in [0.15, 0.2) is 0 Å². The lowest BCUT2D eigenvalue weighted by Gasteiger charge is -2.25. The fourth-order valence-electron chi connectivity index (χ4n) is 2.77. The van der Waals surface area contributed by atoms with E-state index in [0.29, 0.717) is 0 Å². The van der Waals surface area contributed by atoms with Crippen molar-refractivity contribution < 1.29 is 0 Å². The zero-order chi connectivity index (χ0) is 13.7. The van der Waals surface area contributed by atoms with E-state index in [1.165, 1.54) is 29.8 Å². The van der Waals surface area contributed by atoms with Crippen LogP contribution in [0.1, 0.15) is 42.5 Å². The first-order valence-electron chi connectivity index (χ1n) is 7.29. The van der Waals surface area contributed by atoms with E-state index in [1.54, 1.807) is 11.8 Å². The summed E-state index contributed by atoms with van der Waals surface area (Å²) in [4.78, 5) is 9.40. The quantitative estimate of drug-likeness (QED) is 0.813. The average molecular weight is 279 g/mol. The van der Waals surface area contributed by atoms with Crippen LogP contribution in [-0.2, 0) is 18.6 Å². The molecular weight excluding hydrogens is 254 g/mol. The molecule has 0 bridgehead atoms. The molecule has 0 aromatic carbocycles. The van der Waals surface area contributed by atoms with Crippen LogP contribution in [0.25, 0.3) is 0 Å². The fourth-order valence-corrected chi connectivity index (χ4v) is 3.16. The molecule has 1 aliphatic rings. The number of hydrogen-bond acceptors (Lipinski definition) is 4. The van der Waals surface area contributed by atoms with Gasteiger partial charge < -0.3 is 5.32 Å². The maximum Gasteiger partial charge on any atom is 0.138 e. The monoisotopic (exact) mass is 279 g/mol. The van der Waals surface area contributed by atoms with Crippen LogP contribution in [0.3, 0.4) is 0 Å². The zero-order valence-electron chi connectivity index (χ0n) is 12.3. The fraction of sp³-hybridized carbons (Fsp3) is 0.733. The maximum absolute atomic E-state index is 4.74. The molecule has 0 aliphatic heterocycles. The normalized spacial score (nSPS) is 18.4. The Morgan fingerprint density at radius 3 is 2.95 bits per heavy atom. The third-order valence-electron chi connectivity index (χ3n) is 3.76. The molecule has 3 nitrogen and oxygen atoms in total. The highest BCUT2D eigenvalue weighted by Gasteiger charge is 2.22. The van der Waals surface area contributed by atoms with Crippen LogP contribution in [0.4, 0.5) is 0 Å². The Balaban J connectivity index is 2.04. The van der Waals surface area contributed by atoms with Gasteiger partial charge in [-0.1, -0.05) is 6.92 Å². The topological polar surface area (TPSA) is 37.8 Å². The van der Waals surface area contributed by atoms with Crippen LogP contribution in [0.2, 0.25) is 0 Å². The largest absolute Gasteiger partial charge is 0.316 e. The Kier molecular flexibility index (Phi) is 5.64. The van der Waals surface area contributed by atoms with E-state index < -0.39 is 0 Å². The van der Waals surface area contributed by atoms with E-state index in [4.69, 9.17) is 4.98 Å². The standard InChI is InChI=1S/C15H25N3S/c1-4-7-16-9-12-5-6-14-13(8-12)11(2)17-15(18-14)10-19-3/h12,16H,4-10H2,1-3H3. The highest BCUT2D eigenvalue weighted by molar-refractivity contribution is 7.97. The average Bonchev–Trinajstić information content (AvgIpc) is 2.40. The molecule has 1 atom stereocenters. The molecule has 2 rings (SSSR count). The molecule has 0 saturated heterocycles. The molecule has 0 amide bonds. The van der Waals surface area contributed by atoms with Crippen molar-refractivity contribution in [3.05, 3.63) is 22.8 Å². The number of aryl methyl sites for hydroxylation is 2. The van der Waals surface area contributed by atoms with Crippen molar-refractivity contribution in [3.63, 3.8) is 0 Å². The van der Waals surface area contributed by atoms with Crippen LogP contribution in [-0.4, -0.2) is 29.3 Å². The Bertz CT molecular complexity index is 420. The third kappa shape index (κ3) is 3.93. The summed E-state index contributed by atoms with van der Waals surface area (Å²) in [5, 5.41) is 3.54. The van der Waals surface area contributed by atoms with Crippen molar-refractivity contribution in [1.29, 1.82) is 0 Å². The van der Waals surface area contributed by atoms with Crippen LogP contribution in [0, 0.1) is 12.8 Å². The SMILES string of the molecule is CCCNCC1CCc2nc(CSC)nc(C)c2C1. The second-order valence-electron chi connectivity index (χ2n) is 5.40. The molecule has 0 fully saturated rings. The number of fused-ring (bicyclic) bond motifs is 1. The summed E-state index contributed by atoms with van der Waals surface area (Å²) in [5.41, 5.74) is 3.93. The highest BCUT2D eigenvalue weighted by Crippen LogP contribution is 2.26. The Morgan fingerprint density at radius 2 is 2.21 bits per heavy atom. The van der Waals surface area contributed by atoms with Crippen LogP contribution >= 0.6 is 11.8 Å². The van der Waals surface area contributed by atoms with Crippen molar-refractivity contribution in [3.8, 4) is 0 Å². The van der Waals surface area contributed by atoms with E-state index in [9.17, 15) is 0 Å². The number of rotatable bonds is 6. The van der Waals surface area contributed by atoms with Gasteiger partial charge >= 0.3 is 0 Å². The summed E-state index contributed by atoms with van der Waals surface area (Å²) in [5.74, 6) is 2.69. The lowest BCUT2D eigenvalue weighted by atomic mass is 9.85. The molecule has 19 heavy (non-hydrogen) atoms. The predicted molar refractivity (Wildman–Crippen MR) is 82.7 cm³/mol. The van der Waals surface area contributed by atoms with Gasteiger partial charge in [0.15, 0.2) is 0 Å². The summed E-state index contributed by atoms with van der Waals surface area (Å²) in [6.45, 7) is 6.63. The van der Waals surface area contributed by atoms with Crippen molar-refractivity contribution in [2.75, 3.05) is 19.3 Å². The first-order valence-corrected chi connectivity index (χ1v) is 8.68. The van der Waals surface area contributed by atoms with E-state index in [1.807, 2.05) is 0 Å². The maximum atomic E-state index is 4.74. The molecule has 4 heteroatoms. The summed E-state index contributed by atoms with van der Waals surface area (Å²) in [6.07, 6.45) is 6.85. The molecule has 1 aromatic rings. The highest BCUT2D eigenvalue weighted by atomic mass is 32.2. The van der Waals surface area contributed by atoms with Gasteiger partial charge in [0.05, 0.1) is 5.75 Å². The van der Waals surface area contributed by atoms with Gasteiger partial charge in [-0.05, 0) is 63.4 Å². The molecule has 1 N–H and O–H groups in total. The molecule has 0 saturated carbocycles. The van der Waals surface area contributed by atoms with E-state index in [2.05, 4.69) is 30.4 Å². The summed E-state index contributed by atoms with van der Waals surface area (Å²) in [7, 11) is 0. The first-order chi connectivity index (χ1) is 9.24. The molecule has 1 unspecified atom stereocenters. The minimum Gasteiger partial charge on any atom is -0.316 e. The number of thioether (sulfide) groups is 1. The molecule has 0 spiro atoms. The van der Waals surface area contributed by atoms with Gasteiger partial charge in [0, 0.05) is 11.4 Å². The van der Waals surface area contributed by atoms with Crippen LogP contribution < -0.4 is 5.32 Å². The molecular formula is C15H25N3S. The lowest BCUT2D eigenvalue weighted by Crippen LogP contribution is -2.29. The number of nitrogens with one attached hydrogen (secondary N) is 1. The van der Waals surface area contributed by atoms with Crippen molar-refractivity contribution in [2.24, 2.45) is 5.92 Å². The van der Waals surface area contributed by atoms with Crippen LogP contribution in [0.5, 0.6) is 0 Å². The predicted octanol–water partition coefficient (Wildman–Crippen LogP) is 2.75. The van der Waals surface area contributed by atoms with E-state index >= 15 is 0 Å². The van der Waals surface area contributed by atoms with E-state index in [0.717, 1.165) is 43.4 Å². The molecule has 1 aliphatic carbocycles. The Hall–Kier alpha value is -0.610. The molecule has 106 valence electrons. The molecule has 0 radical (unpaired) electrons. The smallest absolute Gasteiger partial charge is 0.138 e. The number of nitrogens with zero attached hydrogens (tertiary/aromatic N) is 2. The second-order valence-corrected chi connectivity index (χ2v) is 6.26. The summed E-state index contributed by atoms with van der Waals surface area (Å²) >= 11 is 1.79. The number of hydrogen-bond donors (Lipinski definition) is 1. The van der Waals surface area contributed by atoms with Gasteiger partial charge in [-0.2, -0.15) is 11.8 Å². The van der Waals surface area contributed by atoms with Crippen molar-refractivity contribution in [2.45, 2.75) is 45.3 Å². The second kappa shape index (κ2) is 7.25. The molecule has 1 heterocycles. The summed E-state index contributed by atoms with van der Waals surface area (Å²) < 4.78 is 0.